The fraction of sp³-hybridized carbons (Fsp3) is 0.538. The van der Waals surface area contributed by atoms with Crippen LogP contribution >= 0.6 is 0 Å². The number of nitrogens with one attached hydrogen (secondary N) is 1. The predicted octanol–water partition coefficient (Wildman–Crippen LogP) is 4.20. The average molecular weight is 576 g/mol. The molecule has 216 valence electrons. The number of sulfonamides is 1. The summed E-state index contributed by atoms with van der Waals surface area (Å²) in [5, 5.41) is 0. The van der Waals surface area contributed by atoms with Crippen LogP contribution in [0.15, 0.2) is 41.3 Å². The molecule has 8 nitrogen and oxygen atoms in total. The molecule has 1 saturated heterocycles. The number of methoxy groups -OCH3 is 2. The van der Waals surface area contributed by atoms with E-state index < -0.39 is 28.6 Å². The number of halogens is 4. The first-order valence-electron chi connectivity index (χ1n) is 12.7. The second-order valence-electron chi connectivity index (χ2n) is 9.68. The van der Waals surface area contributed by atoms with E-state index in [1.54, 1.807) is 6.07 Å². The van der Waals surface area contributed by atoms with Crippen LogP contribution < -0.4 is 23.8 Å². The lowest BCUT2D eigenvalue weighted by atomic mass is 9.90. The Morgan fingerprint density at radius 2 is 1.54 bits per heavy atom. The highest BCUT2D eigenvalue weighted by Gasteiger charge is 2.32. The van der Waals surface area contributed by atoms with E-state index in [0.29, 0.717) is 56.2 Å². The third kappa shape index (κ3) is 7.46. The normalized spacial score (nSPS) is 21.0. The van der Waals surface area contributed by atoms with Gasteiger partial charge in [-0.1, -0.05) is 0 Å². The van der Waals surface area contributed by atoms with Crippen molar-refractivity contribution in [1.29, 1.82) is 0 Å². The fourth-order valence-corrected chi connectivity index (χ4v) is 6.50. The predicted molar refractivity (Wildman–Crippen MR) is 138 cm³/mol. The van der Waals surface area contributed by atoms with Crippen molar-refractivity contribution < 1.29 is 40.2 Å². The van der Waals surface area contributed by atoms with E-state index in [1.807, 2.05) is 4.90 Å². The van der Waals surface area contributed by atoms with Crippen molar-refractivity contribution in [2.75, 3.05) is 51.9 Å². The summed E-state index contributed by atoms with van der Waals surface area (Å²) in [4.78, 5) is 4.26. The number of anilines is 1. The summed E-state index contributed by atoms with van der Waals surface area (Å²) in [7, 11) is -0.812. The Kier molecular flexibility index (Phi) is 9.12. The molecule has 0 bridgehead atoms. The van der Waals surface area contributed by atoms with E-state index in [4.69, 9.17) is 14.2 Å². The topological polar surface area (TPSA) is 80.3 Å². The molecule has 4 rings (SSSR count). The molecule has 0 atom stereocenters. The number of hydrogen-bond acceptors (Lipinski definition) is 7. The van der Waals surface area contributed by atoms with Gasteiger partial charge in [0.05, 0.1) is 24.8 Å². The highest BCUT2D eigenvalue weighted by molar-refractivity contribution is 7.89. The van der Waals surface area contributed by atoms with Crippen molar-refractivity contribution >= 4 is 15.7 Å². The largest absolute Gasteiger partial charge is 0.493 e. The van der Waals surface area contributed by atoms with Gasteiger partial charge >= 0.3 is 6.18 Å². The Labute approximate surface area is 225 Å². The molecule has 2 fully saturated rings. The maximum absolute atomic E-state index is 13.9. The second-order valence-corrected chi connectivity index (χ2v) is 11.4. The van der Waals surface area contributed by atoms with Crippen LogP contribution in [-0.4, -0.2) is 78.6 Å². The van der Waals surface area contributed by atoms with Gasteiger partial charge in [0.25, 0.3) is 0 Å². The zero-order chi connectivity index (χ0) is 28.2. The summed E-state index contributed by atoms with van der Waals surface area (Å²) in [5.74, 6) is 0.241. The first-order chi connectivity index (χ1) is 18.5. The smallest absolute Gasteiger partial charge is 0.422 e. The van der Waals surface area contributed by atoms with E-state index >= 15 is 0 Å². The minimum atomic E-state index is -4.49. The van der Waals surface area contributed by atoms with Gasteiger partial charge in [0.15, 0.2) is 18.1 Å². The number of benzene rings is 2. The highest BCUT2D eigenvalue weighted by atomic mass is 32.2. The zero-order valence-electron chi connectivity index (χ0n) is 21.8. The van der Waals surface area contributed by atoms with Crippen LogP contribution in [-0.2, 0) is 10.0 Å². The maximum atomic E-state index is 13.9. The molecule has 0 unspecified atom stereocenters. The molecular formula is C26H33F4N3O5S. The van der Waals surface area contributed by atoms with Gasteiger partial charge in [-0.25, -0.2) is 17.5 Å². The van der Waals surface area contributed by atoms with Gasteiger partial charge in [-0.2, -0.15) is 13.2 Å². The van der Waals surface area contributed by atoms with E-state index in [-0.39, 0.29) is 22.7 Å². The van der Waals surface area contributed by atoms with Gasteiger partial charge in [0, 0.05) is 50.4 Å². The number of alkyl halides is 3. The lowest BCUT2D eigenvalue weighted by Crippen LogP contribution is -2.52. The fourth-order valence-electron chi connectivity index (χ4n) is 5.18. The van der Waals surface area contributed by atoms with Crippen LogP contribution in [0.3, 0.4) is 0 Å². The summed E-state index contributed by atoms with van der Waals surface area (Å²) >= 11 is 0. The Morgan fingerprint density at radius 3 is 2.15 bits per heavy atom. The Bertz CT molecular complexity index is 1230. The van der Waals surface area contributed by atoms with E-state index in [2.05, 4.69) is 9.62 Å². The molecule has 2 aliphatic rings. The van der Waals surface area contributed by atoms with Crippen LogP contribution in [0.2, 0.25) is 0 Å². The molecule has 0 amide bonds. The standard InChI is InChI=1S/C26H33F4N3O5S/c1-36-24-10-8-21(16-25(24)37-2)39(34,35)31-19-4-6-20(7-5-19)32-11-13-33(14-12-32)22-15-18(27)3-9-23(22)38-17-26(28,29)30/h3,8-10,15-16,19-20,31H,4-7,11-14,17H2,1-2H3. The number of piperazine rings is 1. The minimum Gasteiger partial charge on any atom is -0.493 e. The van der Waals surface area contributed by atoms with E-state index in [9.17, 15) is 26.0 Å². The van der Waals surface area contributed by atoms with Gasteiger partial charge in [0.1, 0.15) is 11.6 Å². The lowest BCUT2D eigenvalue weighted by Gasteiger charge is -2.43. The average Bonchev–Trinajstić information content (AvgIpc) is 2.91. The van der Waals surface area contributed by atoms with Crippen LogP contribution in [0.4, 0.5) is 23.2 Å². The van der Waals surface area contributed by atoms with Gasteiger partial charge in [-0.15, -0.1) is 0 Å². The lowest BCUT2D eigenvalue weighted by molar-refractivity contribution is -0.153. The monoisotopic (exact) mass is 575 g/mol. The maximum Gasteiger partial charge on any atom is 0.422 e. The molecule has 2 aromatic carbocycles. The van der Waals surface area contributed by atoms with Gasteiger partial charge in [-0.05, 0) is 49.9 Å². The van der Waals surface area contributed by atoms with Crippen LogP contribution in [0.1, 0.15) is 25.7 Å². The zero-order valence-corrected chi connectivity index (χ0v) is 22.7. The SMILES string of the molecule is COc1ccc(S(=O)(=O)NC2CCC(N3CCN(c4cc(F)ccc4OCC(F)(F)F)CC3)CC2)cc1OC. The summed E-state index contributed by atoms with van der Waals surface area (Å²) < 4.78 is 95.9. The first kappa shape index (κ1) is 29.2. The molecule has 0 radical (unpaired) electrons. The van der Waals surface area contributed by atoms with E-state index in [0.717, 1.165) is 18.9 Å². The molecule has 1 saturated carbocycles. The highest BCUT2D eigenvalue weighted by Crippen LogP contribution is 2.33. The number of ether oxygens (including phenoxy) is 3. The van der Waals surface area contributed by atoms with Crippen molar-refractivity contribution in [3.05, 3.63) is 42.2 Å². The molecule has 1 N–H and O–H groups in total. The molecule has 13 heteroatoms. The molecule has 0 aromatic heterocycles. The summed E-state index contributed by atoms with van der Waals surface area (Å²) in [6, 6.07) is 8.06. The Hall–Kier alpha value is -2.77. The van der Waals surface area contributed by atoms with Crippen LogP contribution in [0.5, 0.6) is 17.2 Å². The Morgan fingerprint density at radius 1 is 0.897 bits per heavy atom. The number of nitrogens with zero attached hydrogens (tertiary/aromatic N) is 2. The second kappa shape index (κ2) is 12.2. The molecule has 39 heavy (non-hydrogen) atoms. The van der Waals surface area contributed by atoms with Crippen LogP contribution in [0.25, 0.3) is 0 Å². The third-order valence-corrected chi connectivity index (χ3v) is 8.69. The summed E-state index contributed by atoms with van der Waals surface area (Å²) in [6.45, 7) is 0.893. The quantitative estimate of drug-likeness (QED) is 0.449. The van der Waals surface area contributed by atoms with E-state index in [1.165, 1.54) is 38.5 Å². The number of hydrogen-bond donors (Lipinski definition) is 1. The van der Waals surface area contributed by atoms with Crippen LogP contribution in [0, 0.1) is 5.82 Å². The third-order valence-electron chi connectivity index (χ3n) is 7.17. The molecule has 1 aliphatic heterocycles. The van der Waals surface area contributed by atoms with Gasteiger partial charge in [-0.3, -0.25) is 4.90 Å². The molecule has 0 spiro atoms. The van der Waals surface area contributed by atoms with Gasteiger partial charge < -0.3 is 19.1 Å². The molecule has 2 aromatic rings. The number of rotatable bonds is 9. The molecular weight excluding hydrogens is 542 g/mol. The summed E-state index contributed by atoms with van der Waals surface area (Å²) in [6.07, 6.45) is -1.52. The van der Waals surface area contributed by atoms with Crippen molar-refractivity contribution in [3.63, 3.8) is 0 Å². The van der Waals surface area contributed by atoms with Gasteiger partial charge in [0.2, 0.25) is 10.0 Å². The van der Waals surface area contributed by atoms with Crippen molar-refractivity contribution in [3.8, 4) is 17.2 Å². The Balaban J connectivity index is 1.30. The van der Waals surface area contributed by atoms with Crippen molar-refractivity contribution in [2.24, 2.45) is 0 Å². The van der Waals surface area contributed by atoms with Crippen molar-refractivity contribution in [1.82, 2.24) is 9.62 Å². The van der Waals surface area contributed by atoms with Crippen molar-refractivity contribution in [2.45, 2.75) is 48.8 Å². The molecule has 1 aliphatic carbocycles. The first-order valence-corrected chi connectivity index (χ1v) is 14.2. The summed E-state index contributed by atoms with van der Waals surface area (Å²) in [5.41, 5.74) is 0.312. The molecule has 1 heterocycles. The minimum absolute atomic E-state index is 0.00412.